The van der Waals surface area contributed by atoms with Crippen molar-refractivity contribution in [1.82, 2.24) is 31.9 Å². The van der Waals surface area contributed by atoms with Gasteiger partial charge in [0, 0.05) is 19.4 Å². The highest BCUT2D eigenvalue weighted by atomic mass is 16.3. The summed E-state index contributed by atoms with van der Waals surface area (Å²) in [6.07, 6.45) is 0.371. The van der Waals surface area contributed by atoms with E-state index < -0.39 is 84.7 Å². The van der Waals surface area contributed by atoms with Gasteiger partial charge in [0.1, 0.15) is 30.2 Å². The number of nitrogens with two attached hydrogens (primary N) is 4. The van der Waals surface area contributed by atoms with Gasteiger partial charge in [0.25, 0.3) is 0 Å². The second-order valence-electron chi connectivity index (χ2n) is 11.9. The molecule has 7 amide bonds. The average molecular weight is 740 g/mol. The Labute approximate surface area is 306 Å². The number of guanidine groups is 1. The minimum atomic E-state index is -1.56. The minimum Gasteiger partial charge on any atom is -0.394 e. The number of aliphatic imine (C=N–C) groups is 1. The summed E-state index contributed by atoms with van der Waals surface area (Å²) in [4.78, 5) is 93.1. The van der Waals surface area contributed by atoms with E-state index in [-0.39, 0.29) is 44.7 Å². The van der Waals surface area contributed by atoms with E-state index in [0.717, 1.165) is 5.56 Å². The summed E-state index contributed by atoms with van der Waals surface area (Å²) in [7, 11) is 0. The highest BCUT2D eigenvalue weighted by Gasteiger charge is 2.31. The van der Waals surface area contributed by atoms with Gasteiger partial charge in [-0.05, 0) is 30.9 Å². The number of amides is 7. The molecule has 0 aliphatic heterocycles. The number of nitrogens with one attached hydrogen (secondary N) is 6. The van der Waals surface area contributed by atoms with Crippen LogP contribution in [0.4, 0.5) is 0 Å². The summed E-state index contributed by atoms with van der Waals surface area (Å²) in [5, 5.41) is 24.7. The lowest BCUT2D eigenvalue weighted by Crippen LogP contribution is -2.59. The van der Waals surface area contributed by atoms with Crippen LogP contribution in [-0.4, -0.2) is 109 Å². The molecule has 0 aliphatic carbocycles. The molecule has 0 aromatic heterocycles. The fraction of sp³-hybridized carbons (Fsp3) is 0.412. The van der Waals surface area contributed by atoms with Crippen molar-refractivity contribution in [3.05, 3.63) is 71.8 Å². The number of carbonyl (C=O) groups excluding carboxylic acids is 7. The van der Waals surface area contributed by atoms with Crippen LogP contribution in [0.5, 0.6) is 0 Å². The SMILES string of the molecule is C[C@H](NC(=O)[C@H](CO)NC(=O)[C@H](Cc1ccccc1)NC(=O)CNC(=O)CN)C(=O)N[C@@H](CCCN=C(N)N)C(=O)N[C@@H](Cc1ccccc1)C(N)=O. The van der Waals surface area contributed by atoms with Crippen molar-refractivity contribution < 1.29 is 38.7 Å². The number of nitrogens with zero attached hydrogens (tertiary/aromatic N) is 1. The molecule has 53 heavy (non-hydrogen) atoms. The van der Waals surface area contributed by atoms with E-state index in [4.69, 9.17) is 22.9 Å². The summed E-state index contributed by atoms with van der Waals surface area (Å²) < 4.78 is 0. The Bertz CT molecular complexity index is 1570. The molecule has 0 spiro atoms. The van der Waals surface area contributed by atoms with E-state index >= 15 is 0 Å². The van der Waals surface area contributed by atoms with Crippen LogP contribution in [0.25, 0.3) is 0 Å². The van der Waals surface area contributed by atoms with Crippen molar-refractivity contribution >= 4 is 47.3 Å². The summed E-state index contributed by atoms with van der Waals surface area (Å²) >= 11 is 0. The average Bonchev–Trinajstić information content (AvgIpc) is 3.13. The predicted molar refractivity (Wildman–Crippen MR) is 194 cm³/mol. The van der Waals surface area contributed by atoms with Crippen LogP contribution in [0.3, 0.4) is 0 Å². The maximum absolute atomic E-state index is 13.4. The van der Waals surface area contributed by atoms with Gasteiger partial charge in [-0.15, -0.1) is 0 Å². The van der Waals surface area contributed by atoms with Gasteiger partial charge in [-0.25, -0.2) is 0 Å². The normalized spacial score (nSPS) is 13.4. The zero-order valence-electron chi connectivity index (χ0n) is 29.4. The Hall–Kier alpha value is -6.08. The Morgan fingerprint density at radius 2 is 1.17 bits per heavy atom. The molecular formula is C34H49N11O8. The zero-order chi connectivity index (χ0) is 39.3. The van der Waals surface area contributed by atoms with Gasteiger partial charge < -0.3 is 59.9 Å². The van der Waals surface area contributed by atoms with E-state index in [0.29, 0.717) is 5.56 Å². The molecule has 0 heterocycles. The van der Waals surface area contributed by atoms with E-state index in [1.807, 2.05) is 0 Å². The van der Waals surface area contributed by atoms with Crippen LogP contribution in [0.1, 0.15) is 30.9 Å². The monoisotopic (exact) mass is 739 g/mol. The molecule has 19 nitrogen and oxygen atoms in total. The highest BCUT2D eigenvalue weighted by Crippen LogP contribution is 2.07. The molecular weight excluding hydrogens is 690 g/mol. The number of rotatable bonds is 22. The molecule has 0 saturated heterocycles. The van der Waals surface area contributed by atoms with Gasteiger partial charge in [-0.3, -0.25) is 38.6 Å². The quantitative estimate of drug-likeness (QED) is 0.0311. The Balaban J connectivity index is 2.12. The van der Waals surface area contributed by atoms with Crippen molar-refractivity contribution in [2.75, 3.05) is 26.2 Å². The first-order valence-electron chi connectivity index (χ1n) is 16.7. The summed E-state index contributed by atoms with van der Waals surface area (Å²) in [6.45, 7) is -0.245. The van der Waals surface area contributed by atoms with Crippen molar-refractivity contribution in [3.63, 3.8) is 0 Å². The second-order valence-corrected chi connectivity index (χ2v) is 11.9. The Morgan fingerprint density at radius 3 is 1.70 bits per heavy atom. The molecule has 0 fully saturated rings. The number of primary amides is 1. The first-order chi connectivity index (χ1) is 25.2. The van der Waals surface area contributed by atoms with E-state index in [1.54, 1.807) is 60.7 Å². The van der Waals surface area contributed by atoms with E-state index in [2.05, 4.69) is 36.9 Å². The van der Waals surface area contributed by atoms with Crippen LogP contribution in [0.2, 0.25) is 0 Å². The number of carbonyl (C=O) groups is 7. The van der Waals surface area contributed by atoms with Crippen LogP contribution in [-0.2, 0) is 46.4 Å². The molecule has 2 aromatic rings. The van der Waals surface area contributed by atoms with Gasteiger partial charge >= 0.3 is 0 Å². The van der Waals surface area contributed by atoms with E-state index in [9.17, 15) is 38.7 Å². The maximum Gasteiger partial charge on any atom is 0.245 e. The lowest BCUT2D eigenvalue weighted by Gasteiger charge is -2.25. The number of hydrogen-bond acceptors (Lipinski definition) is 10. The second kappa shape index (κ2) is 22.7. The number of aliphatic hydroxyl groups is 1. The van der Waals surface area contributed by atoms with Crippen LogP contribution < -0.4 is 54.8 Å². The number of benzene rings is 2. The molecule has 0 bridgehead atoms. The van der Waals surface area contributed by atoms with Crippen LogP contribution in [0.15, 0.2) is 65.7 Å². The summed E-state index contributed by atoms with van der Waals surface area (Å²) in [6, 6.07) is 11.1. The lowest BCUT2D eigenvalue weighted by atomic mass is 10.0. The van der Waals surface area contributed by atoms with Crippen molar-refractivity contribution in [3.8, 4) is 0 Å². The molecule has 0 aliphatic rings. The topological polar surface area (TPSA) is 328 Å². The van der Waals surface area contributed by atoms with Gasteiger partial charge in [-0.1, -0.05) is 60.7 Å². The minimum absolute atomic E-state index is 0.00355. The van der Waals surface area contributed by atoms with Crippen LogP contribution >= 0.6 is 0 Å². The van der Waals surface area contributed by atoms with Gasteiger partial charge in [-0.2, -0.15) is 0 Å². The number of hydrogen-bond donors (Lipinski definition) is 11. The van der Waals surface area contributed by atoms with Crippen molar-refractivity contribution in [2.45, 2.75) is 62.8 Å². The van der Waals surface area contributed by atoms with Crippen LogP contribution in [0, 0.1) is 0 Å². The molecule has 19 heteroatoms. The first-order valence-corrected chi connectivity index (χ1v) is 16.7. The standard InChI is InChI=1S/C34H49N11O8/c1-20(30(50)43-23(13-8-14-39-34(37)38)31(51)44-24(29(36)49)15-21-9-4-2-5-10-21)41-33(53)26(19-46)45-32(52)25(16-22-11-6-3-7-12-22)42-28(48)18-40-27(47)17-35/h2-7,9-12,20,23-26,46H,8,13-19,35H2,1H3,(H2,36,49)(H,40,47)(H,41,53)(H,42,48)(H,43,50)(H,44,51)(H,45,52)(H4,37,38,39)/t20-,23-,24-,25-,26-/m0/s1. The third kappa shape index (κ3) is 16.2. The molecule has 15 N–H and O–H groups in total. The summed E-state index contributed by atoms with van der Waals surface area (Å²) in [5.74, 6) is -5.59. The zero-order valence-corrected chi connectivity index (χ0v) is 29.4. The Morgan fingerprint density at radius 1 is 0.660 bits per heavy atom. The number of aliphatic hydroxyl groups excluding tert-OH is 1. The lowest BCUT2D eigenvalue weighted by molar-refractivity contribution is -0.135. The molecule has 2 rings (SSSR count). The van der Waals surface area contributed by atoms with Gasteiger partial charge in [0.2, 0.25) is 41.4 Å². The Kier molecular flexibility index (Phi) is 18.4. The largest absolute Gasteiger partial charge is 0.394 e. The molecule has 288 valence electrons. The molecule has 2 aromatic carbocycles. The summed E-state index contributed by atoms with van der Waals surface area (Å²) in [5.41, 5.74) is 23.0. The molecule has 0 unspecified atom stereocenters. The molecule has 0 saturated carbocycles. The molecule has 0 radical (unpaired) electrons. The third-order valence-corrected chi connectivity index (χ3v) is 7.65. The van der Waals surface area contributed by atoms with Gasteiger partial charge in [0.15, 0.2) is 5.96 Å². The third-order valence-electron chi connectivity index (χ3n) is 7.65. The highest BCUT2D eigenvalue weighted by molar-refractivity contribution is 5.96. The fourth-order valence-electron chi connectivity index (χ4n) is 4.82. The smallest absolute Gasteiger partial charge is 0.245 e. The van der Waals surface area contributed by atoms with Crippen molar-refractivity contribution in [2.24, 2.45) is 27.9 Å². The maximum atomic E-state index is 13.4. The predicted octanol–water partition coefficient (Wildman–Crippen LogP) is -4.48. The first kappa shape index (κ1) is 43.1. The van der Waals surface area contributed by atoms with Crippen molar-refractivity contribution in [1.29, 1.82) is 0 Å². The van der Waals surface area contributed by atoms with Gasteiger partial charge in [0.05, 0.1) is 19.7 Å². The fourth-order valence-corrected chi connectivity index (χ4v) is 4.82. The van der Waals surface area contributed by atoms with E-state index in [1.165, 1.54) is 6.92 Å². The molecule has 5 atom stereocenters.